The molecule has 3 aromatic rings. The molecule has 7 heteroatoms. The molecule has 0 saturated heterocycles. The number of Topliss-reactive ketones (excluding diaryl/α,β-unsaturated/α-hetero) is 1. The van der Waals surface area contributed by atoms with Crippen molar-refractivity contribution in [3.63, 3.8) is 0 Å². The van der Waals surface area contributed by atoms with Gasteiger partial charge in [0.25, 0.3) is 0 Å². The van der Waals surface area contributed by atoms with Crippen molar-refractivity contribution >= 4 is 40.3 Å². The van der Waals surface area contributed by atoms with E-state index >= 15 is 0 Å². The Morgan fingerprint density at radius 3 is 2.68 bits per heavy atom. The average molecular weight is 400 g/mol. The van der Waals surface area contributed by atoms with E-state index in [0.29, 0.717) is 27.6 Å². The van der Waals surface area contributed by atoms with Gasteiger partial charge in [-0.05, 0) is 29.8 Å². The first kappa shape index (κ1) is 19.5. The summed E-state index contributed by atoms with van der Waals surface area (Å²) in [5.74, 6) is -0.0711. The van der Waals surface area contributed by atoms with Crippen molar-refractivity contribution in [3.05, 3.63) is 64.8 Å². The van der Waals surface area contributed by atoms with Crippen LogP contribution in [0.4, 0.5) is 0 Å². The quantitative estimate of drug-likeness (QED) is 0.364. The molecule has 28 heavy (non-hydrogen) atoms. The van der Waals surface area contributed by atoms with E-state index in [2.05, 4.69) is 4.98 Å². The van der Waals surface area contributed by atoms with Crippen LogP contribution in [0.15, 0.2) is 48.7 Å². The van der Waals surface area contributed by atoms with Crippen molar-refractivity contribution in [3.8, 4) is 11.5 Å². The molecule has 6 nitrogen and oxygen atoms in total. The lowest BCUT2D eigenvalue weighted by Gasteiger charge is -2.10. The molecule has 0 aliphatic rings. The Labute approximate surface area is 166 Å². The fraction of sp³-hybridized carbons (Fsp3) is 0.143. The second-order valence-electron chi connectivity index (χ2n) is 5.85. The van der Waals surface area contributed by atoms with E-state index in [4.69, 9.17) is 25.8 Å². The average Bonchev–Trinajstić information content (AvgIpc) is 3.14. The molecule has 0 bridgehead atoms. The predicted octanol–water partition coefficient (Wildman–Crippen LogP) is 4.28. The van der Waals surface area contributed by atoms with Gasteiger partial charge in [-0.3, -0.25) is 4.79 Å². The van der Waals surface area contributed by atoms with Gasteiger partial charge in [-0.2, -0.15) is 0 Å². The van der Waals surface area contributed by atoms with Crippen molar-refractivity contribution in [1.82, 2.24) is 4.98 Å². The van der Waals surface area contributed by atoms with Gasteiger partial charge < -0.3 is 19.2 Å². The molecule has 0 radical (unpaired) electrons. The van der Waals surface area contributed by atoms with Crippen molar-refractivity contribution in [2.45, 2.75) is 0 Å². The lowest BCUT2D eigenvalue weighted by Crippen LogP contribution is -2.12. The Balaban J connectivity index is 1.64. The van der Waals surface area contributed by atoms with Crippen molar-refractivity contribution in [1.29, 1.82) is 0 Å². The van der Waals surface area contributed by atoms with E-state index in [1.54, 1.807) is 18.3 Å². The highest BCUT2D eigenvalue weighted by Gasteiger charge is 2.14. The van der Waals surface area contributed by atoms with Crippen LogP contribution in [0.2, 0.25) is 5.02 Å². The van der Waals surface area contributed by atoms with Crippen molar-refractivity contribution in [2.24, 2.45) is 0 Å². The van der Waals surface area contributed by atoms with Crippen LogP contribution in [0.1, 0.15) is 15.9 Å². The minimum Gasteiger partial charge on any atom is -0.493 e. The molecule has 0 amide bonds. The van der Waals surface area contributed by atoms with Crippen LogP contribution in [-0.4, -0.2) is 37.6 Å². The molecule has 0 aliphatic heterocycles. The van der Waals surface area contributed by atoms with Crippen LogP contribution in [-0.2, 0) is 9.53 Å². The first-order valence-electron chi connectivity index (χ1n) is 8.39. The molecule has 2 aromatic carbocycles. The van der Waals surface area contributed by atoms with Crippen LogP contribution in [0.3, 0.4) is 0 Å². The number of carbonyl (C=O) groups is 2. The maximum absolute atomic E-state index is 12.3. The standard InChI is InChI=1S/C21H18ClNO5/c1-26-19-10-13(9-16(22)21(19)27-2)7-8-20(25)28-12-18(24)15-11-23-17-6-4-3-5-14(15)17/h3-11,23H,12H2,1-2H3. The Bertz CT molecular complexity index is 1050. The van der Waals surface area contributed by atoms with Gasteiger partial charge in [0.05, 0.1) is 19.2 Å². The zero-order chi connectivity index (χ0) is 20.1. The number of methoxy groups -OCH3 is 2. The number of ketones is 1. The monoisotopic (exact) mass is 399 g/mol. The van der Waals surface area contributed by atoms with Crippen LogP contribution < -0.4 is 9.47 Å². The third-order valence-electron chi connectivity index (χ3n) is 4.10. The summed E-state index contributed by atoms with van der Waals surface area (Å²) >= 11 is 6.13. The summed E-state index contributed by atoms with van der Waals surface area (Å²) in [6, 6.07) is 10.7. The highest BCUT2D eigenvalue weighted by atomic mass is 35.5. The van der Waals surface area contributed by atoms with Gasteiger partial charge in [-0.1, -0.05) is 29.8 Å². The second-order valence-corrected chi connectivity index (χ2v) is 6.26. The molecule has 0 atom stereocenters. The molecule has 0 fully saturated rings. The van der Waals surface area contributed by atoms with Crippen LogP contribution in [0, 0.1) is 0 Å². The Morgan fingerprint density at radius 1 is 1.14 bits per heavy atom. The van der Waals surface area contributed by atoms with Crippen LogP contribution >= 0.6 is 11.6 Å². The molecule has 0 saturated carbocycles. The van der Waals surface area contributed by atoms with Gasteiger partial charge in [0.2, 0.25) is 5.78 Å². The van der Waals surface area contributed by atoms with Gasteiger partial charge in [0.1, 0.15) is 0 Å². The van der Waals surface area contributed by atoms with Gasteiger partial charge in [-0.15, -0.1) is 0 Å². The van der Waals surface area contributed by atoms with Gasteiger partial charge >= 0.3 is 5.97 Å². The number of H-pyrrole nitrogens is 1. The number of halogens is 1. The molecule has 1 N–H and O–H groups in total. The molecule has 1 heterocycles. The Hall–Kier alpha value is -3.25. The number of benzene rings is 2. The summed E-state index contributed by atoms with van der Waals surface area (Å²) in [4.78, 5) is 27.3. The third-order valence-corrected chi connectivity index (χ3v) is 4.38. The van der Waals surface area contributed by atoms with Crippen LogP contribution in [0.25, 0.3) is 17.0 Å². The molecule has 1 aromatic heterocycles. The number of esters is 1. The van der Waals surface area contributed by atoms with Gasteiger partial charge in [-0.25, -0.2) is 4.79 Å². The smallest absolute Gasteiger partial charge is 0.331 e. The number of aromatic nitrogens is 1. The van der Waals surface area contributed by atoms with E-state index < -0.39 is 5.97 Å². The molecule has 0 unspecified atom stereocenters. The molecule has 0 aliphatic carbocycles. The minimum absolute atomic E-state index is 0.284. The first-order chi connectivity index (χ1) is 13.5. The topological polar surface area (TPSA) is 77.6 Å². The van der Waals surface area contributed by atoms with E-state index in [0.717, 1.165) is 10.9 Å². The minimum atomic E-state index is -0.640. The zero-order valence-electron chi connectivity index (χ0n) is 15.3. The number of hydrogen-bond acceptors (Lipinski definition) is 5. The number of para-hydroxylation sites is 1. The van der Waals surface area contributed by atoms with Gasteiger partial charge in [0, 0.05) is 28.7 Å². The van der Waals surface area contributed by atoms with Crippen molar-refractivity contribution < 1.29 is 23.8 Å². The Morgan fingerprint density at radius 2 is 1.93 bits per heavy atom. The lowest BCUT2D eigenvalue weighted by molar-refractivity contribution is -0.136. The largest absolute Gasteiger partial charge is 0.493 e. The lowest BCUT2D eigenvalue weighted by atomic mass is 10.1. The fourth-order valence-electron chi connectivity index (χ4n) is 2.76. The predicted molar refractivity (Wildman–Crippen MR) is 107 cm³/mol. The summed E-state index contributed by atoms with van der Waals surface area (Å²) in [6.45, 7) is -0.349. The van der Waals surface area contributed by atoms with Crippen molar-refractivity contribution in [2.75, 3.05) is 20.8 Å². The molecular formula is C21H18ClNO5. The number of ether oxygens (including phenoxy) is 3. The van der Waals surface area contributed by atoms with E-state index in [1.807, 2.05) is 24.3 Å². The van der Waals surface area contributed by atoms with Crippen LogP contribution in [0.5, 0.6) is 11.5 Å². The fourth-order valence-corrected chi connectivity index (χ4v) is 3.06. The van der Waals surface area contributed by atoms with E-state index in [1.165, 1.54) is 26.4 Å². The van der Waals surface area contributed by atoms with E-state index in [9.17, 15) is 9.59 Å². The molecule has 3 rings (SSSR count). The molecular weight excluding hydrogens is 382 g/mol. The zero-order valence-corrected chi connectivity index (χ0v) is 16.1. The Kier molecular flexibility index (Phi) is 6.01. The molecule has 144 valence electrons. The number of rotatable bonds is 7. The number of fused-ring (bicyclic) bond motifs is 1. The maximum Gasteiger partial charge on any atom is 0.331 e. The first-order valence-corrected chi connectivity index (χ1v) is 8.77. The molecule has 0 spiro atoms. The number of hydrogen-bond donors (Lipinski definition) is 1. The van der Waals surface area contributed by atoms with E-state index in [-0.39, 0.29) is 12.4 Å². The highest BCUT2D eigenvalue weighted by molar-refractivity contribution is 6.32. The maximum atomic E-state index is 12.3. The summed E-state index contributed by atoms with van der Waals surface area (Å²) in [7, 11) is 2.98. The van der Waals surface area contributed by atoms with Gasteiger partial charge in [0.15, 0.2) is 18.1 Å². The highest BCUT2D eigenvalue weighted by Crippen LogP contribution is 2.36. The summed E-state index contributed by atoms with van der Waals surface area (Å²) < 4.78 is 15.4. The summed E-state index contributed by atoms with van der Waals surface area (Å²) in [5.41, 5.74) is 1.96. The third kappa shape index (κ3) is 4.18. The SMILES string of the molecule is COc1cc(C=CC(=O)OCC(=O)c2c[nH]c3ccccc23)cc(Cl)c1OC. The second kappa shape index (κ2) is 8.63. The number of aromatic amines is 1. The summed E-state index contributed by atoms with van der Waals surface area (Å²) in [6.07, 6.45) is 4.36. The summed E-state index contributed by atoms with van der Waals surface area (Å²) in [5, 5.41) is 1.14. The normalized spacial score (nSPS) is 11.0. The number of nitrogens with one attached hydrogen (secondary N) is 1. The number of carbonyl (C=O) groups excluding carboxylic acids is 2.